The molecule has 1 aliphatic carbocycles. The Morgan fingerprint density at radius 3 is 2.57 bits per heavy atom. The minimum atomic E-state index is 0.403. The lowest BCUT2D eigenvalue weighted by Crippen LogP contribution is -1.97. The van der Waals surface area contributed by atoms with E-state index in [-0.39, 0.29) is 0 Å². The molecule has 1 aliphatic rings. The summed E-state index contributed by atoms with van der Waals surface area (Å²) in [5, 5.41) is 0.403. The van der Waals surface area contributed by atoms with Crippen molar-refractivity contribution in [2.75, 3.05) is 0 Å². The summed E-state index contributed by atoms with van der Waals surface area (Å²) in [4.78, 5) is 0. The van der Waals surface area contributed by atoms with Gasteiger partial charge in [0.2, 0.25) is 0 Å². The normalized spacial score (nSPS) is 26.8. The number of alkyl halides is 1. The van der Waals surface area contributed by atoms with E-state index < -0.39 is 0 Å². The molecule has 0 nitrogen and oxygen atoms in total. The van der Waals surface area contributed by atoms with Crippen LogP contribution in [0.2, 0.25) is 0 Å². The average molecular weight is 209 g/mol. The number of hydrogen-bond acceptors (Lipinski definition) is 0. The SMILES string of the molecule is Cc1ccc(C2CCC(Cl)C2)c(C)c1. The van der Waals surface area contributed by atoms with Gasteiger partial charge in [0.1, 0.15) is 0 Å². The maximum Gasteiger partial charge on any atom is 0.0342 e. The molecular formula is C13H17Cl. The van der Waals surface area contributed by atoms with Gasteiger partial charge in [-0.1, -0.05) is 23.8 Å². The number of aryl methyl sites for hydroxylation is 2. The molecule has 0 N–H and O–H groups in total. The summed E-state index contributed by atoms with van der Waals surface area (Å²) in [6.07, 6.45) is 3.60. The fourth-order valence-corrected chi connectivity index (χ4v) is 2.83. The highest BCUT2D eigenvalue weighted by atomic mass is 35.5. The van der Waals surface area contributed by atoms with Gasteiger partial charge in [0.15, 0.2) is 0 Å². The molecule has 2 rings (SSSR count). The van der Waals surface area contributed by atoms with Crippen LogP contribution in [0.3, 0.4) is 0 Å². The molecule has 2 atom stereocenters. The third-order valence-electron chi connectivity index (χ3n) is 3.23. The molecular weight excluding hydrogens is 192 g/mol. The summed E-state index contributed by atoms with van der Waals surface area (Å²) in [7, 11) is 0. The highest BCUT2D eigenvalue weighted by molar-refractivity contribution is 6.20. The lowest BCUT2D eigenvalue weighted by molar-refractivity contribution is 0.718. The van der Waals surface area contributed by atoms with Crippen molar-refractivity contribution in [3.05, 3.63) is 34.9 Å². The van der Waals surface area contributed by atoms with Gasteiger partial charge in [-0.3, -0.25) is 0 Å². The van der Waals surface area contributed by atoms with Crippen molar-refractivity contribution >= 4 is 11.6 Å². The van der Waals surface area contributed by atoms with Crippen molar-refractivity contribution in [2.45, 2.75) is 44.4 Å². The predicted octanol–water partition coefficient (Wildman–Crippen LogP) is 4.18. The first-order chi connectivity index (χ1) is 6.66. The number of rotatable bonds is 1. The standard InChI is InChI=1S/C13H17Cl/c1-9-3-6-13(10(2)7-9)11-4-5-12(14)8-11/h3,6-7,11-12H,4-5,8H2,1-2H3. The highest BCUT2D eigenvalue weighted by Crippen LogP contribution is 2.38. The molecule has 1 aromatic rings. The molecule has 14 heavy (non-hydrogen) atoms. The Hall–Kier alpha value is -0.490. The second-order valence-corrected chi connectivity index (χ2v) is 5.08. The van der Waals surface area contributed by atoms with E-state index in [1.165, 1.54) is 29.5 Å². The Bertz CT molecular complexity index is 330. The van der Waals surface area contributed by atoms with E-state index in [0.717, 1.165) is 6.42 Å². The molecule has 0 bridgehead atoms. The van der Waals surface area contributed by atoms with Gasteiger partial charge in [0.25, 0.3) is 0 Å². The Morgan fingerprint density at radius 1 is 1.21 bits per heavy atom. The molecule has 0 amide bonds. The number of halogens is 1. The van der Waals surface area contributed by atoms with Crippen molar-refractivity contribution in [3.8, 4) is 0 Å². The largest absolute Gasteiger partial charge is 0.123 e. The lowest BCUT2D eigenvalue weighted by atomic mass is 9.92. The second kappa shape index (κ2) is 3.94. The van der Waals surface area contributed by atoms with E-state index in [9.17, 15) is 0 Å². The first-order valence-electron chi connectivity index (χ1n) is 5.38. The topological polar surface area (TPSA) is 0 Å². The summed E-state index contributed by atoms with van der Waals surface area (Å²) < 4.78 is 0. The molecule has 1 saturated carbocycles. The second-order valence-electron chi connectivity index (χ2n) is 4.47. The number of hydrogen-bond donors (Lipinski definition) is 0. The summed E-state index contributed by atoms with van der Waals surface area (Å²) in [6, 6.07) is 6.77. The molecule has 0 radical (unpaired) electrons. The molecule has 0 spiro atoms. The van der Waals surface area contributed by atoms with Crippen LogP contribution in [0.1, 0.15) is 41.9 Å². The van der Waals surface area contributed by atoms with Crippen LogP contribution in [0.15, 0.2) is 18.2 Å². The van der Waals surface area contributed by atoms with Crippen LogP contribution in [-0.2, 0) is 0 Å². The van der Waals surface area contributed by atoms with Crippen molar-refractivity contribution in [3.63, 3.8) is 0 Å². The van der Waals surface area contributed by atoms with Crippen LogP contribution in [0.4, 0.5) is 0 Å². The van der Waals surface area contributed by atoms with Gasteiger partial charge >= 0.3 is 0 Å². The van der Waals surface area contributed by atoms with Gasteiger partial charge in [-0.2, -0.15) is 0 Å². The Kier molecular flexibility index (Phi) is 2.83. The lowest BCUT2D eigenvalue weighted by Gasteiger charge is -2.13. The van der Waals surface area contributed by atoms with Crippen molar-refractivity contribution in [2.24, 2.45) is 0 Å². The molecule has 0 aromatic heterocycles. The van der Waals surface area contributed by atoms with Gasteiger partial charge in [-0.15, -0.1) is 11.6 Å². The number of benzene rings is 1. The minimum Gasteiger partial charge on any atom is -0.123 e. The summed E-state index contributed by atoms with van der Waals surface area (Å²) in [5.74, 6) is 0.707. The zero-order valence-corrected chi connectivity index (χ0v) is 9.64. The van der Waals surface area contributed by atoms with Crippen LogP contribution in [0.5, 0.6) is 0 Å². The zero-order valence-electron chi connectivity index (χ0n) is 8.89. The molecule has 0 heterocycles. The van der Waals surface area contributed by atoms with Crippen LogP contribution < -0.4 is 0 Å². The van der Waals surface area contributed by atoms with Gasteiger partial charge < -0.3 is 0 Å². The third-order valence-corrected chi connectivity index (χ3v) is 3.63. The summed E-state index contributed by atoms with van der Waals surface area (Å²) in [6.45, 7) is 4.36. The fraction of sp³-hybridized carbons (Fsp3) is 0.538. The smallest absolute Gasteiger partial charge is 0.0342 e. The van der Waals surface area contributed by atoms with Crippen molar-refractivity contribution in [1.82, 2.24) is 0 Å². The van der Waals surface area contributed by atoms with E-state index in [1.54, 1.807) is 0 Å². The van der Waals surface area contributed by atoms with E-state index in [0.29, 0.717) is 11.3 Å². The molecule has 0 aliphatic heterocycles. The van der Waals surface area contributed by atoms with E-state index in [4.69, 9.17) is 11.6 Å². The van der Waals surface area contributed by atoms with Crippen LogP contribution in [0.25, 0.3) is 0 Å². The van der Waals surface area contributed by atoms with Crippen LogP contribution in [-0.4, -0.2) is 5.38 Å². The highest BCUT2D eigenvalue weighted by Gasteiger charge is 2.24. The van der Waals surface area contributed by atoms with Gasteiger partial charge in [0.05, 0.1) is 0 Å². The average Bonchev–Trinajstić information content (AvgIpc) is 2.51. The Labute approximate surface area is 91.3 Å². The molecule has 1 aromatic carbocycles. The maximum atomic E-state index is 6.14. The van der Waals surface area contributed by atoms with Crippen molar-refractivity contribution in [1.29, 1.82) is 0 Å². The third kappa shape index (κ3) is 1.95. The first-order valence-corrected chi connectivity index (χ1v) is 5.81. The monoisotopic (exact) mass is 208 g/mol. The van der Waals surface area contributed by atoms with E-state index >= 15 is 0 Å². The van der Waals surface area contributed by atoms with Crippen LogP contribution in [0, 0.1) is 13.8 Å². The maximum absolute atomic E-state index is 6.14. The molecule has 76 valence electrons. The minimum absolute atomic E-state index is 0.403. The van der Waals surface area contributed by atoms with Crippen molar-refractivity contribution < 1.29 is 0 Å². The Morgan fingerprint density at radius 2 is 2.00 bits per heavy atom. The Balaban J connectivity index is 2.24. The van der Waals surface area contributed by atoms with E-state index in [1.807, 2.05) is 0 Å². The predicted molar refractivity (Wildman–Crippen MR) is 62.1 cm³/mol. The molecule has 0 saturated heterocycles. The van der Waals surface area contributed by atoms with Crippen LogP contribution >= 0.6 is 11.6 Å². The first kappa shape index (κ1) is 10.0. The van der Waals surface area contributed by atoms with Gasteiger partial charge in [0, 0.05) is 5.38 Å². The summed E-state index contributed by atoms with van der Waals surface area (Å²) in [5.41, 5.74) is 4.30. The van der Waals surface area contributed by atoms with Gasteiger partial charge in [-0.25, -0.2) is 0 Å². The fourth-order valence-electron chi connectivity index (χ4n) is 2.49. The van der Waals surface area contributed by atoms with E-state index in [2.05, 4.69) is 32.0 Å². The molecule has 1 fully saturated rings. The summed E-state index contributed by atoms with van der Waals surface area (Å²) >= 11 is 6.14. The molecule has 1 heteroatoms. The zero-order chi connectivity index (χ0) is 10.1. The quantitative estimate of drug-likeness (QED) is 0.608. The molecule has 2 unspecified atom stereocenters. The van der Waals surface area contributed by atoms with Gasteiger partial charge in [-0.05, 0) is 50.2 Å².